The van der Waals surface area contributed by atoms with Crippen LogP contribution in [0, 0.1) is 5.92 Å². The third-order valence-corrected chi connectivity index (χ3v) is 2.75. The molecule has 1 aromatic rings. The lowest BCUT2D eigenvalue weighted by molar-refractivity contribution is -0.149. The summed E-state index contributed by atoms with van der Waals surface area (Å²) in [5.41, 5.74) is 0.978. The highest BCUT2D eigenvalue weighted by Crippen LogP contribution is 2.04. The van der Waals surface area contributed by atoms with E-state index in [9.17, 15) is 9.59 Å². The largest absolute Gasteiger partial charge is 0.461 e. The Labute approximate surface area is 119 Å². The van der Waals surface area contributed by atoms with Crippen LogP contribution in [0.4, 0.5) is 0 Å². The Hall–Kier alpha value is -1.88. The van der Waals surface area contributed by atoms with Gasteiger partial charge in [-0.1, -0.05) is 37.3 Å². The molecule has 1 rings (SSSR count). The number of hydrogen-bond donors (Lipinski definition) is 2. The summed E-state index contributed by atoms with van der Waals surface area (Å²) in [5, 5.41) is 5.78. The zero-order chi connectivity index (χ0) is 14.8. The van der Waals surface area contributed by atoms with Crippen molar-refractivity contribution < 1.29 is 14.3 Å². The summed E-state index contributed by atoms with van der Waals surface area (Å²) >= 11 is 0. The average molecular weight is 278 g/mol. The van der Waals surface area contributed by atoms with Crippen LogP contribution in [0.1, 0.15) is 19.4 Å². The molecular weight excluding hydrogens is 256 g/mol. The molecule has 1 unspecified atom stereocenters. The molecule has 0 fully saturated rings. The molecule has 0 aliphatic rings. The molecule has 0 heterocycles. The molecule has 0 aromatic heterocycles. The summed E-state index contributed by atoms with van der Waals surface area (Å²) in [6.07, 6.45) is 0. The molecule has 5 nitrogen and oxygen atoms in total. The summed E-state index contributed by atoms with van der Waals surface area (Å²) in [6.45, 7) is 5.32. The molecule has 20 heavy (non-hydrogen) atoms. The van der Waals surface area contributed by atoms with E-state index in [1.54, 1.807) is 0 Å². The molecule has 0 bridgehead atoms. The molecule has 1 atom stereocenters. The maximum atomic E-state index is 11.8. The van der Waals surface area contributed by atoms with Crippen LogP contribution in [-0.2, 0) is 20.9 Å². The van der Waals surface area contributed by atoms with E-state index in [-0.39, 0.29) is 17.8 Å². The zero-order valence-electron chi connectivity index (χ0n) is 12.0. The van der Waals surface area contributed by atoms with Crippen LogP contribution in [0.3, 0.4) is 0 Å². The summed E-state index contributed by atoms with van der Waals surface area (Å²) in [7, 11) is 0. The van der Waals surface area contributed by atoms with E-state index in [0.717, 1.165) is 5.56 Å². The fourth-order valence-corrected chi connectivity index (χ4v) is 1.60. The Morgan fingerprint density at radius 3 is 2.55 bits per heavy atom. The lowest BCUT2D eigenvalue weighted by Gasteiger charge is -2.12. The Bertz CT molecular complexity index is 420. The standard InChI is InChI=1S/C15H22N2O3/c1-12(10-16-8-9-17-13(2)18)15(19)20-11-14-6-4-3-5-7-14/h3-7,12,16H,8-11H2,1-2H3,(H,17,18). The van der Waals surface area contributed by atoms with Gasteiger partial charge in [0, 0.05) is 26.6 Å². The van der Waals surface area contributed by atoms with Crippen molar-refractivity contribution in [2.45, 2.75) is 20.5 Å². The molecule has 0 saturated heterocycles. The van der Waals surface area contributed by atoms with Crippen LogP contribution in [0.5, 0.6) is 0 Å². The molecule has 1 amide bonds. The Morgan fingerprint density at radius 2 is 1.90 bits per heavy atom. The number of esters is 1. The second kappa shape index (κ2) is 9.09. The van der Waals surface area contributed by atoms with E-state index >= 15 is 0 Å². The molecule has 0 aliphatic carbocycles. The van der Waals surface area contributed by atoms with E-state index in [0.29, 0.717) is 26.2 Å². The van der Waals surface area contributed by atoms with Crippen LogP contribution in [0.25, 0.3) is 0 Å². The van der Waals surface area contributed by atoms with E-state index in [2.05, 4.69) is 10.6 Å². The number of ether oxygens (including phenoxy) is 1. The molecule has 0 aliphatic heterocycles. The minimum Gasteiger partial charge on any atom is -0.461 e. The van der Waals surface area contributed by atoms with Gasteiger partial charge < -0.3 is 15.4 Å². The van der Waals surface area contributed by atoms with Gasteiger partial charge in [-0.05, 0) is 5.56 Å². The Balaban J connectivity index is 2.14. The molecule has 0 saturated carbocycles. The van der Waals surface area contributed by atoms with Crippen LogP contribution in [-0.4, -0.2) is 31.5 Å². The maximum absolute atomic E-state index is 11.8. The van der Waals surface area contributed by atoms with Crippen molar-refractivity contribution in [2.24, 2.45) is 5.92 Å². The van der Waals surface area contributed by atoms with Gasteiger partial charge in [0.25, 0.3) is 0 Å². The predicted molar refractivity (Wildman–Crippen MR) is 77.0 cm³/mol. The van der Waals surface area contributed by atoms with Crippen molar-refractivity contribution in [3.8, 4) is 0 Å². The topological polar surface area (TPSA) is 67.4 Å². The van der Waals surface area contributed by atoms with Crippen molar-refractivity contribution in [1.82, 2.24) is 10.6 Å². The number of hydrogen-bond acceptors (Lipinski definition) is 4. The summed E-state index contributed by atoms with van der Waals surface area (Å²) < 4.78 is 5.24. The lowest BCUT2D eigenvalue weighted by Crippen LogP contribution is -2.34. The van der Waals surface area contributed by atoms with E-state index in [1.807, 2.05) is 37.3 Å². The van der Waals surface area contributed by atoms with Crippen molar-refractivity contribution in [3.63, 3.8) is 0 Å². The molecular formula is C15H22N2O3. The first-order valence-corrected chi connectivity index (χ1v) is 6.75. The highest BCUT2D eigenvalue weighted by molar-refractivity contribution is 5.73. The van der Waals surface area contributed by atoms with Gasteiger partial charge >= 0.3 is 5.97 Å². The number of nitrogens with one attached hydrogen (secondary N) is 2. The second-order valence-corrected chi connectivity index (χ2v) is 4.68. The fourth-order valence-electron chi connectivity index (χ4n) is 1.60. The zero-order valence-corrected chi connectivity index (χ0v) is 12.0. The summed E-state index contributed by atoms with van der Waals surface area (Å²) in [6, 6.07) is 9.59. The average Bonchev–Trinajstić information content (AvgIpc) is 2.45. The predicted octanol–water partition coefficient (Wildman–Crippen LogP) is 1.09. The SMILES string of the molecule is CC(=O)NCCNCC(C)C(=O)OCc1ccccc1. The minimum absolute atomic E-state index is 0.0536. The minimum atomic E-state index is -0.221. The van der Waals surface area contributed by atoms with Crippen molar-refractivity contribution in [1.29, 1.82) is 0 Å². The van der Waals surface area contributed by atoms with Crippen LogP contribution >= 0.6 is 0 Å². The molecule has 0 spiro atoms. The summed E-state index contributed by atoms with van der Waals surface area (Å²) in [4.78, 5) is 22.4. The van der Waals surface area contributed by atoms with Crippen molar-refractivity contribution in [3.05, 3.63) is 35.9 Å². The number of amides is 1. The van der Waals surface area contributed by atoms with Gasteiger partial charge in [-0.2, -0.15) is 0 Å². The highest BCUT2D eigenvalue weighted by Gasteiger charge is 2.13. The molecule has 2 N–H and O–H groups in total. The number of rotatable bonds is 8. The third-order valence-electron chi connectivity index (χ3n) is 2.75. The van der Waals surface area contributed by atoms with Crippen molar-refractivity contribution in [2.75, 3.05) is 19.6 Å². The Kier molecular flexibility index (Phi) is 7.35. The Morgan fingerprint density at radius 1 is 1.20 bits per heavy atom. The first-order valence-electron chi connectivity index (χ1n) is 6.75. The van der Waals surface area contributed by atoms with Crippen LogP contribution in [0.2, 0.25) is 0 Å². The van der Waals surface area contributed by atoms with Gasteiger partial charge in [0.15, 0.2) is 0 Å². The molecule has 5 heteroatoms. The molecule has 110 valence electrons. The monoisotopic (exact) mass is 278 g/mol. The van der Waals surface area contributed by atoms with Gasteiger partial charge in [0.1, 0.15) is 6.61 Å². The molecule has 0 radical (unpaired) electrons. The van der Waals surface area contributed by atoms with Gasteiger partial charge in [0.2, 0.25) is 5.91 Å². The summed E-state index contributed by atoms with van der Waals surface area (Å²) in [5.74, 6) is -0.487. The van der Waals surface area contributed by atoms with Gasteiger partial charge in [-0.25, -0.2) is 0 Å². The maximum Gasteiger partial charge on any atom is 0.310 e. The fraction of sp³-hybridized carbons (Fsp3) is 0.467. The van der Waals surface area contributed by atoms with Crippen LogP contribution < -0.4 is 10.6 Å². The van der Waals surface area contributed by atoms with E-state index < -0.39 is 0 Å². The third kappa shape index (κ3) is 6.89. The normalized spacial score (nSPS) is 11.7. The van der Waals surface area contributed by atoms with E-state index in [4.69, 9.17) is 4.74 Å². The van der Waals surface area contributed by atoms with Gasteiger partial charge in [-0.15, -0.1) is 0 Å². The number of carbonyl (C=O) groups is 2. The first kappa shape index (κ1) is 16.2. The van der Waals surface area contributed by atoms with Crippen LogP contribution in [0.15, 0.2) is 30.3 Å². The first-order chi connectivity index (χ1) is 9.59. The highest BCUT2D eigenvalue weighted by atomic mass is 16.5. The molecule has 1 aromatic carbocycles. The number of benzene rings is 1. The quantitative estimate of drug-likeness (QED) is 0.552. The lowest BCUT2D eigenvalue weighted by atomic mass is 10.2. The van der Waals surface area contributed by atoms with E-state index in [1.165, 1.54) is 6.92 Å². The second-order valence-electron chi connectivity index (χ2n) is 4.68. The van der Waals surface area contributed by atoms with Crippen molar-refractivity contribution >= 4 is 11.9 Å². The van der Waals surface area contributed by atoms with Gasteiger partial charge in [-0.3, -0.25) is 9.59 Å². The number of carbonyl (C=O) groups excluding carboxylic acids is 2. The smallest absolute Gasteiger partial charge is 0.310 e. The van der Waals surface area contributed by atoms with Gasteiger partial charge in [0.05, 0.1) is 5.92 Å².